The summed E-state index contributed by atoms with van der Waals surface area (Å²) in [7, 11) is 1.51. The zero-order valence-electron chi connectivity index (χ0n) is 15.6. The van der Waals surface area contributed by atoms with Crippen molar-refractivity contribution in [2.75, 3.05) is 7.11 Å². The molecular weight excluding hydrogens is 416 g/mol. The smallest absolute Gasteiger partial charge is 0.307 e. The van der Waals surface area contributed by atoms with Crippen LogP contribution in [0.1, 0.15) is 17.5 Å². The van der Waals surface area contributed by atoms with Crippen molar-refractivity contribution >= 4 is 40.7 Å². The molecule has 1 atom stereocenters. The first kappa shape index (κ1) is 21.0. The number of aliphatic carboxylic acids is 1. The Morgan fingerprint density at radius 1 is 1.53 bits per heavy atom. The first-order valence-corrected chi connectivity index (χ1v) is 9.37. The van der Waals surface area contributed by atoms with E-state index in [-0.39, 0.29) is 23.8 Å². The van der Waals surface area contributed by atoms with E-state index in [0.29, 0.717) is 11.3 Å². The van der Waals surface area contributed by atoms with E-state index in [1.165, 1.54) is 30.4 Å². The summed E-state index contributed by atoms with van der Waals surface area (Å²) in [5.41, 5.74) is 1.28. The molecular formula is C17H16N6O6S. The summed E-state index contributed by atoms with van der Waals surface area (Å²) in [6, 6.07) is 5.23. The fourth-order valence-electron chi connectivity index (χ4n) is 2.60. The molecule has 1 aromatic carbocycles. The monoisotopic (exact) mass is 432 g/mol. The highest BCUT2D eigenvalue weighted by Gasteiger charge is 2.32. The van der Waals surface area contributed by atoms with Gasteiger partial charge in [-0.25, -0.2) is 0 Å². The number of hydrogen-bond donors (Lipinski definition) is 2. The van der Waals surface area contributed by atoms with E-state index < -0.39 is 22.0 Å². The number of nitrogens with one attached hydrogen (secondary N) is 1. The lowest BCUT2D eigenvalue weighted by Gasteiger charge is -2.09. The number of carboxylic acid groups (broad SMARTS) is 1. The van der Waals surface area contributed by atoms with Gasteiger partial charge in [0.1, 0.15) is 23.4 Å². The summed E-state index contributed by atoms with van der Waals surface area (Å²) >= 11 is 1.01. The van der Waals surface area contributed by atoms with Crippen LogP contribution >= 0.6 is 11.8 Å². The van der Waals surface area contributed by atoms with Crippen LogP contribution in [0.4, 0.5) is 5.69 Å². The summed E-state index contributed by atoms with van der Waals surface area (Å²) < 4.78 is 6.74. The third kappa shape index (κ3) is 5.20. The Labute approximate surface area is 173 Å². The van der Waals surface area contributed by atoms with Gasteiger partial charge in [0.15, 0.2) is 5.17 Å². The number of benzene rings is 1. The lowest BCUT2D eigenvalue weighted by molar-refractivity contribution is -0.385. The highest BCUT2D eigenvalue weighted by molar-refractivity contribution is 8.15. The number of carbonyl (C=O) groups excluding carboxylic acids is 1. The van der Waals surface area contributed by atoms with Crippen LogP contribution in [0, 0.1) is 10.1 Å². The zero-order chi connectivity index (χ0) is 21.7. The number of amidine groups is 1. The molecule has 1 aliphatic heterocycles. The average molecular weight is 432 g/mol. The van der Waals surface area contributed by atoms with Crippen LogP contribution in [0.25, 0.3) is 0 Å². The largest absolute Gasteiger partial charge is 0.496 e. The lowest BCUT2D eigenvalue weighted by atomic mass is 10.1. The highest BCUT2D eigenvalue weighted by atomic mass is 32.2. The third-order valence-corrected chi connectivity index (χ3v) is 5.03. The first-order valence-electron chi connectivity index (χ1n) is 8.50. The molecule has 2 N–H and O–H groups in total. The molecule has 2 aromatic rings. The molecule has 0 aliphatic carbocycles. The molecule has 0 spiro atoms. The van der Waals surface area contributed by atoms with Crippen molar-refractivity contribution in [3.05, 3.63) is 51.8 Å². The highest BCUT2D eigenvalue weighted by Crippen LogP contribution is 2.23. The minimum Gasteiger partial charge on any atom is -0.496 e. The number of nitrogens with zero attached hydrogens (tertiary/aromatic N) is 5. The molecule has 3 rings (SSSR count). The molecule has 1 aliphatic rings. The van der Waals surface area contributed by atoms with Gasteiger partial charge in [-0.15, -0.1) is 5.10 Å². The van der Waals surface area contributed by atoms with Crippen LogP contribution in [0.3, 0.4) is 0 Å². The van der Waals surface area contributed by atoms with Crippen molar-refractivity contribution < 1.29 is 24.4 Å². The number of rotatable bonds is 8. The van der Waals surface area contributed by atoms with Crippen LogP contribution in [0.5, 0.6) is 5.75 Å². The van der Waals surface area contributed by atoms with Gasteiger partial charge in [0, 0.05) is 5.56 Å². The Morgan fingerprint density at radius 3 is 3.00 bits per heavy atom. The third-order valence-electron chi connectivity index (χ3n) is 3.96. The number of carbonyl (C=O) groups is 2. The normalized spacial score (nSPS) is 17.4. The molecule has 0 bridgehead atoms. The minimum atomic E-state index is -1.07. The van der Waals surface area contributed by atoms with E-state index in [4.69, 9.17) is 9.84 Å². The molecule has 1 aromatic heterocycles. The van der Waals surface area contributed by atoms with Crippen LogP contribution in [-0.2, 0) is 16.1 Å². The summed E-state index contributed by atoms with van der Waals surface area (Å²) in [5.74, 6) is -0.913. The molecule has 13 heteroatoms. The van der Waals surface area contributed by atoms with Crippen molar-refractivity contribution in [2.24, 2.45) is 10.2 Å². The number of methoxy groups -OCH3 is 1. The van der Waals surface area contributed by atoms with Gasteiger partial charge in [0.05, 0.1) is 31.2 Å². The predicted octanol–water partition coefficient (Wildman–Crippen LogP) is 1.24. The second-order valence-electron chi connectivity index (χ2n) is 6.07. The van der Waals surface area contributed by atoms with E-state index in [1.807, 2.05) is 0 Å². The van der Waals surface area contributed by atoms with Gasteiger partial charge in [-0.2, -0.15) is 10.2 Å². The standard InChI is InChI=1S/C17H16N6O6S/c1-29-13-3-2-10(4-11(13)8-22-9-12(7-19-22)23(27)28)6-18-21-17-20-16(26)14(30-17)5-15(24)25/h2-4,6-7,9,14H,5,8H2,1H3,(H,24,25)(H,20,21,26). The fourth-order valence-corrected chi connectivity index (χ4v) is 3.52. The summed E-state index contributed by atoms with van der Waals surface area (Å²) in [5, 5.41) is 33.4. The van der Waals surface area contributed by atoms with Gasteiger partial charge >= 0.3 is 11.7 Å². The topological polar surface area (TPSA) is 161 Å². The molecule has 2 heterocycles. The predicted molar refractivity (Wildman–Crippen MR) is 108 cm³/mol. The molecule has 12 nitrogen and oxygen atoms in total. The van der Waals surface area contributed by atoms with Gasteiger partial charge in [0.2, 0.25) is 5.91 Å². The number of nitro groups is 1. The molecule has 0 saturated carbocycles. The molecule has 1 fully saturated rings. The van der Waals surface area contributed by atoms with Crippen molar-refractivity contribution in [3.8, 4) is 5.75 Å². The molecule has 0 radical (unpaired) electrons. The molecule has 30 heavy (non-hydrogen) atoms. The summed E-state index contributed by atoms with van der Waals surface area (Å²) in [6.07, 6.45) is 3.64. The molecule has 156 valence electrons. The molecule has 1 saturated heterocycles. The Hall–Kier alpha value is -3.74. The second-order valence-corrected chi connectivity index (χ2v) is 7.26. The fraction of sp³-hybridized carbons (Fsp3) is 0.235. The zero-order valence-corrected chi connectivity index (χ0v) is 16.4. The van der Waals surface area contributed by atoms with E-state index in [9.17, 15) is 19.7 Å². The SMILES string of the molecule is COc1ccc(C=NN=C2NC(=O)C(CC(=O)O)S2)cc1Cn1cc([N+](=O)[O-])cn1. The first-order chi connectivity index (χ1) is 14.4. The van der Waals surface area contributed by atoms with Gasteiger partial charge in [-0.1, -0.05) is 11.8 Å². The van der Waals surface area contributed by atoms with Gasteiger partial charge in [-0.3, -0.25) is 24.4 Å². The second kappa shape index (κ2) is 9.17. The van der Waals surface area contributed by atoms with E-state index in [1.54, 1.807) is 18.2 Å². The number of thioether (sulfide) groups is 1. The minimum absolute atomic E-state index is 0.111. The number of ether oxygens (including phenoxy) is 1. The van der Waals surface area contributed by atoms with E-state index >= 15 is 0 Å². The Bertz CT molecular complexity index is 1050. The van der Waals surface area contributed by atoms with Gasteiger partial charge in [0.25, 0.3) is 0 Å². The van der Waals surface area contributed by atoms with E-state index in [0.717, 1.165) is 17.3 Å². The van der Waals surface area contributed by atoms with Gasteiger partial charge in [-0.05, 0) is 23.8 Å². The summed E-state index contributed by atoms with van der Waals surface area (Å²) in [4.78, 5) is 32.7. The Kier molecular flexibility index (Phi) is 6.41. The van der Waals surface area contributed by atoms with Crippen molar-refractivity contribution in [3.63, 3.8) is 0 Å². The van der Waals surface area contributed by atoms with Crippen molar-refractivity contribution in [1.29, 1.82) is 0 Å². The number of hydrogen-bond acceptors (Lipinski definition) is 9. The number of carboxylic acids is 1. The summed E-state index contributed by atoms with van der Waals surface area (Å²) in [6.45, 7) is 0.246. The van der Waals surface area contributed by atoms with Crippen molar-refractivity contribution in [1.82, 2.24) is 15.1 Å². The van der Waals surface area contributed by atoms with Crippen LogP contribution < -0.4 is 10.1 Å². The van der Waals surface area contributed by atoms with Crippen molar-refractivity contribution in [2.45, 2.75) is 18.2 Å². The van der Waals surface area contributed by atoms with Crippen LogP contribution in [-0.4, -0.2) is 55.4 Å². The van der Waals surface area contributed by atoms with Gasteiger partial charge < -0.3 is 15.2 Å². The maximum Gasteiger partial charge on any atom is 0.307 e. The maximum atomic E-state index is 11.7. The quantitative estimate of drug-likeness (QED) is 0.358. The Morgan fingerprint density at radius 2 is 2.33 bits per heavy atom. The van der Waals surface area contributed by atoms with Crippen LogP contribution in [0.15, 0.2) is 40.8 Å². The molecule has 1 amide bonds. The number of aromatic nitrogens is 2. The Balaban J connectivity index is 1.72. The number of amides is 1. The maximum absolute atomic E-state index is 11.7. The average Bonchev–Trinajstić information content (AvgIpc) is 3.29. The lowest BCUT2D eigenvalue weighted by Crippen LogP contribution is -2.26. The van der Waals surface area contributed by atoms with E-state index in [2.05, 4.69) is 20.6 Å². The van der Waals surface area contributed by atoms with Crippen LogP contribution in [0.2, 0.25) is 0 Å². The molecule has 1 unspecified atom stereocenters.